The molecule has 0 aliphatic carbocycles. The van der Waals surface area contributed by atoms with Crippen LogP contribution in [0.15, 0.2) is 76.3 Å². The van der Waals surface area contributed by atoms with Crippen LogP contribution in [0.3, 0.4) is 0 Å². The van der Waals surface area contributed by atoms with Crippen LogP contribution in [0.4, 0.5) is 0 Å². The summed E-state index contributed by atoms with van der Waals surface area (Å²) in [6.07, 6.45) is 1.51. The lowest BCUT2D eigenvalue weighted by Gasteiger charge is -2.11. The third-order valence-electron chi connectivity index (χ3n) is 4.23. The van der Waals surface area contributed by atoms with Crippen molar-refractivity contribution < 1.29 is 19.0 Å². The highest BCUT2D eigenvalue weighted by molar-refractivity contribution is 9.10. The molecule has 0 aromatic heterocycles. The first-order valence-corrected chi connectivity index (χ1v) is 9.91. The lowest BCUT2D eigenvalue weighted by Crippen LogP contribution is -2.19. The van der Waals surface area contributed by atoms with E-state index >= 15 is 0 Å². The molecule has 3 aromatic rings. The van der Waals surface area contributed by atoms with Gasteiger partial charge in [-0.2, -0.15) is 5.10 Å². The summed E-state index contributed by atoms with van der Waals surface area (Å²) in [6.45, 7) is 0.356. The van der Waals surface area contributed by atoms with E-state index in [2.05, 4.69) is 26.5 Å². The molecule has 6 nitrogen and oxygen atoms in total. The van der Waals surface area contributed by atoms with E-state index in [4.69, 9.17) is 14.2 Å². The first-order valence-electron chi connectivity index (χ1n) is 9.12. The zero-order chi connectivity index (χ0) is 21.3. The smallest absolute Gasteiger partial charge is 0.275 e. The van der Waals surface area contributed by atoms with E-state index in [0.717, 1.165) is 10.0 Å². The number of nitrogens with one attached hydrogen (secondary N) is 1. The normalized spacial score (nSPS) is 10.6. The number of nitrogens with zero attached hydrogens (tertiary/aromatic N) is 1. The number of amides is 1. The summed E-state index contributed by atoms with van der Waals surface area (Å²) in [5.74, 6) is 1.34. The average Bonchev–Trinajstić information content (AvgIpc) is 2.78. The SMILES string of the molecule is COc1ccc(/C=N\NC(=O)c2cc(Br)ccc2OCc2ccccc2)c(OC)c1. The molecular formula is C23H21BrN2O4. The summed E-state index contributed by atoms with van der Waals surface area (Å²) < 4.78 is 17.1. The first kappa shape index (κ1) is 21.4. The number of carbonyl (C=O) groups excluding carboxylic acids is 1. The minimum absolute atomic E-state index is 0.356. The van der Waals surface area contributed by atoms with Gasteiger partial charge in [-0.1, -0.05) is 46.3 Å². The van der Waals surface area contributed by atoms with Gasteiger partial charge >= 0.3 is 0 Å². The Kier molecular flexibility index (Phi) is 7.45. The molecule has 0 aliphatic rings. The Hall–Kier alpha value is -3.32. The molecule has 3 aromatic carbocycles. The minimum Gasteiger partial charge on any atom is -0.497 e. The number of halogens is 1. The second-order valence-electron chi connectivity index (χ2n) is 6.22. The maximum atomic E-state index is 12.7. The van der Waals surface area contributed by atoms with Crippen LogP contribution in [-0.2, 0) is 6.61 Å². The van der Waals surface area contributed by atoms with Crippen LogP contribution in [0.1, 0.15) is 21.5 Å². The molecule has 0 saturated heterocycles. The highest BCUT2D eigenvalue weighted by Crippen LogP contribution is 2.25. The fourth-order valence-corrected chi connectivity index (χ4v) is 3.05. The van der Waals surface area contributed by atoms with Crippen molar-refractivity contribution in [2.24, 2.45) is 5.10 Å². The zero-order valence-electron chi connectivity index (χ0n) is 16.6. The molecule has 1 amide bonds. The summed E-state index contributed by atoms with van der Waals surface area (Å²) in [5, 5.41) is 4.05. The summed E-state index contributed by atoms with van der Waals surface area (Å²) in [6, 6.07) is 20.3. The summed E-state index contributed by atoms with van der Waals surface area (Å²) in [7, 11) is 3.14. The molecule has 3 rings (SSSR count). The molecule has 0 heterocycles. The second kappa shape index (κ2) is 10.5. The topological polar surface area (TPSA) is 69.2 Å². The van der Waals surface area contributed by atoms with Crippen LogP contribution < -0.4 is 19.6 Å². The Labute approximate surface area is 183 Å². The van der Waals surface area contributed by atoms with Crippen LogP contribution >= 0.6 is 15.9 Å². The Bertz CT molecular complexity index is 1040. The number of hydrogen-bond acceptors (Lipinski definition) is 5. The highest BCUT2D eigenvalue weighted by Gasteiger charge is 2.13. The summed E-state index contributed by atoms with van der Waals surface area (Å²) >= 11 is 3.40. The Morgan fingerprint density at radius 2 is 1.80 bits per heavy atom. The van der Waals surface area contributed by atoms with Crippen molar-refractivity contribution >= 4 is 28.1 Å². The van der Waals surface area contributed by atoms with Crippen molar-refractivity contribution in [2.75, 3.05) is 14.2 Å². The van der Waals surface area contributed by atoms with Gasteiger partial charge < -0.3 is 14.2 Å². The van der Waals surface area contributed by atoms with Crippen molar-refractivity contribution in [1.82, 2.24) is 5.43 Å². The second-order valence-corrected chi connectivity index (χ2v) is 7.14. The molecule has 0 atom stereocenters. The van der Waals surface area contributed by atoms with Crippen LogP contribution in [0, 0.1) is 0 Å². The van der Waals surface area contributed by atoms with E-state index in [1.807, 2.05) is 36.4 Å². The lowest BCUT2D eigenvalue weighted by molar-refractivity contribution is 0.0950. The maximum Gasteiger partial charge on any atom is 0.275 e. The number of ether oxygens (including phenoxy) is 3. The minimum atomic E-state index is -0.386. The van der Waals surface area contributed by atoms with Gasteiger partial charge in [0.15, 0.2) is 0 Å². The molecule has 0 spiro atoms. The molecule has 154 valence electrons. The van der Waals surface area contributed by atoms with Gasteiger partial charge in [-0.3, -0.25) is 4.79 Å². The molecule has 0 bridgehead atoms. The average molecular weight is 469 g/mol. The highest BCUT2D eigenvalue weighted by atomic mass is 79.9. The van der Waals surface area contributed by atoms with Crippen LogP contribution in [0.25, 0.3) is 0 Å². The summed E-state index contributed by atoms with van der Waals surface area (Å²) in [5.41, 5.74) is 4.62. The van der Waals surface area contributed by atoms with Crippen molar-refractivity contribution in [2.45, 2.75) is 6.61 Å². The van der Waals surface area contributed by atoms with Gasteiger partial charge in [0.2, 0.25) is 0 Å². The van der Waals surface area contributed by atoms with E-state index in [-0.39, 0.29) is 5.91 Å². The Morgan fingerprint density at radius 1 is 1.00 bits per heavy atom. The first-order chi connectivity index (χ1) is 14.6. The monoisotopic (exact) mass is 468 g/mol. The lowest BCUT2D eigenvalue weighted by atomic mass is 10.2. The van der Waals surface area contributed by atoms with Crippen LogP contribution in [0.2, 0.25) is 0 Å². The number of hydrogen-bond donors (Lipinski definition) is 1. The standard InChI is InChI=1S/C23H21BrN2O4/c1-28-19-10-8-17(22(13-19)29-2)14-25-26-23(27)20-12-18(24)9-11-21(20)30-15-16-6-4-3-5-7-16/h3-14H,15H2,1-2H3,(H,26,27)/b25-14-. The summed E-state index contributed by atoms with van der Waals surface area (Å²) in [4.78, 5) is 12.7. The van der Waals surface area contributed by atoms with E-state index < -0.39 is 0 Å². The van der Waals surface area contributed by atoms with Gasteiger partial charge in [0, 0.05) is 16.1 Å². The fourth-order valence-electron chi connectivity index (χ4n) is 2.69. The molecule has 30 heavy (non-hydrogen) atoms. The van der Waals surface area contributed by atoms with E-state index in [0.29, 0.717) is 35.0 Å². The largest absolute Gasteiger partial charge is 0.497 e. The predicted molar refractivity (Wildman–Crippen MR) is 120 cm³/mol. The predicted octanol–water partition coefficient (Wildman–Crippen LogP) is 4.81. The van der Waals surface area contributed by atoms with Gasteiger partial charge in [0.25, 0.3) is 5.91 Å². The van der Waals surface area contributed by atoms with Crippen molar-refractivity contribution in [3.63, 3.8) is 0 Å². The fraction of sp³-hybridized carbons (Fsp3) is 0.130. The van der Waals surface area contributed by atoms with Gasteiger partial charge in [0.05, 0.1) is 26.0 Å². The van der Waals surface area contributed by atoms with Crippen molar-refractivity contribution in [3.8, 4) is 17.2 Å². The molecule has 0 unspecified atom stereocenters. The van der Waals surface area contributed by atoms with E-state index in [1.54, 1.807) is 44.6 Å². The van der Waals surface area contributed by atoms with Gasteiger partial charge in [-0.05, 0) is 35.9 Å². The molecule has 0 radical (unpaired) electrons. The quantitative estimate of drug-likeness (QED) is 0.380. The van der Waals surface area contributed by atoms with E-state index in [1.165, 1.54) is 6.21 Å². The van der Waals surface area contributed by atoms with Crippen LogP contribution in [-0.4, -0.2) is 26.3 Å². The Balaban J connectivity index is 1.72. The molecule has 0 fully saturated rings. The number of methoxy groups -OCH3 is 2. The molecule has 7 heteroatoms. The molecular weight excluding hydrogens is 448 g/mol. The molecule has 1 N–H and O–H groups in total. The number of hydrazone groups is 1. The number of benzene rings is 3. The van der Waals surface area contributed by atoms with Crippen molar-refractivity contribution in [3.05, 3.63) is 87.9 Å². The van der Waals surface area contributed by atoms with E-state index in [9.17, 15) is 4.79 Å². The third kappa shape index (κ3) is 5.61. The maximum absolute atomic E-state index is 12.7. The van der Waals surface area contributed by atoms with Gasteiger partial charge in [-0.15, -0.1) is 0 Å². The third-order valence-corrected chi connectivity index (χ3v) is 4.73. The number of carbonyl (C=O) groups is 1. The Morgan fingerprint density at radius 3 is 2.53 bits per heavy atom. The molecule has 0 saturated carbocycles. The van der Waals surface area contributed by atoms with Crippen molar-refractivity contribution in [1.29, 1.82) is 0 Å². The van der Waals surface area contributed by atoms with Crippen LogP contribution in [0.5, 0.6) is 17.2 Å². The van der Waals surface area contributed by atoms with Gasteiger partial charge in [-0.25, -0.2) is 5.43 Å². The zero-order valence-corrected chi connectivity index (χ0v) is 18.2. The van der Waals surface area contributed by atoms with Gasteiger partial charge in [0.1, 0.15) is 23.9 Å². The molecule has 0 aliphatic heterocycles. The number of rotatable bonds is 8.